The van der Waals surface area contributed by atoms with Gasteiger partial charge in [-0.3, -0.25) is 10.1 Å². The van der Waals surface area contributed by atoms with Crippen molar-refractivity contribution in [1.82, 2.24) is 0 Å². The maximum Gasteiger partial charge on any atom is 0.274 e. The first-order valence-corrected chi connectivity index (χ1v) is 6.57. The van der Waals surface area contributed by atoms with Crippen LogP contribution in [0.2, 0.25) is 0 Å². The number of rotatable bonds is 7. The van der Waals surface area contributed by atoms with Crippen molar-refractivity contribution in [2.45, 2.75) is 33.6 Å². The Balaban J connectivity index is 2.83. The average Bonchev–Trinajstić information content (AvgIpc) is 2.42. The summed E-state index contributed by atoms with van der Waals surface area (Å²) in [5.74, 6) is 0. The lowest BCUT2D eigenvalue weighted by molar-refractivity contribution is -0.385. The summed E-state index contributed by atoms with van der Waals surface area (Å²) in [4.78, 5) is 10.5. The van der Waals surface area contributed by atoms with Crippen molar-refractivity contribution in [2.75, 3.05) is 18.5 Å². The van der Waals surface area contributed by atoms with E-state index < -0.39 is 0 Å². The quantitative estimate of drug-likeness (QED) is 0.587. The summed E-state index contributed by atoms with van der Waals surface area (Å²) < 4.78 is 0. The largest absolute Gasteiger partial charge is 0.396 e. The summed E-state index contributed by atoms with van der Waals surface area (Å²) in [5.41, 5.74) is 1.32. The van der Waals surface area contributed by atoms with E-state index in [1.165, 1.54) is 0 Å². The Morgan fingerprint density at radius 1 is 1.37 bits per heavy atom. The van der Waals surface area contributed by atoms with Crippen LogP contribution >= 0.6 is 0 Å². The van der Waals surface area contributed by atoms with Crippen molar-refractivity contribution in [3.63, 3.8) is 0 Å². The van der Waals surface area contributed by atoms with Gasteiger partial charge >= 0.3 is 0 Å². The number of nitrogens with zero attached hydrogens (tertiary/aromatic N) is 1. The van der Waals surface area contributed by atoms with Crippen molar-refractivity contribution in [3.05, 3.63) is 33.9 Å². The Morgan fingerprint density at radius 3 is 2.47 bits per heavy atom. The number of nitro groups is 1. The smallest absolute Gasteiger partial charge is 0.274 e. The minimum atomic E-state index is -0.376. The topological polar surface area (TPSA) is 75.4 Å². The van der Waals surface area contributed by atoms with Crippen LogP contribution < -0.4 is 5.32 Å². The van der Waals surface area contributed by atoms with Crippen LogP contribution in [0.1, 0.15) is 32.3 Å². The van der Waals surface area contributed by atoms with Crippen LogP contribution in [0.4, 0.5) is 11.4 Å². The van der Waals surface area contributed by atoms with Crippen molar-refractivity contribution in [1.29, 1.82) is 0 Å². The van der Waals surface area contributed by atoms with E-state index in [1.54, 1.807) is 19.1 Å². The maximum atomic E-state index is 10.9. The first-order valence-electron chi connectivity index (χ1n) is 6.57. The summed E-state index contributed by atoms with van der Waals surface area (Å²) in [6.07, 6.45) is 1.72. The number of aliphatic hydroxyl groups is 1. The Labute approximate surface area is 113 Å². The van der Waals surface area contributed by atoms with Gasteiger partial charge in [-0.25, -0.2) is 0 Å². The lowest BCUT2D eigenvalue weighted by atomic mass is 9.83. The van der Waals surface area contributed by atoms with Gasteiger partial charge in [0.1, 0.15) is 0 Å². The van der Waals surface area contributed by atoms with Crippen LogP contribution in [0.25, 0.3) is 0 Å². The molecule has 19 heavy (non-hydrogen) atoms. The van der Waals surface area contributed by atoms with Gasteiger partial charge in [-0.2, -0.15) is 0 Å². The third kappa shape index (κ3) is 3.67. The number of anilines is 1. The van der Waals surface area contributed by atoms with Crippen LogP contribution in [0.5, 0.6) is 0 Å². The van der Waals surface area contributed by atoms with Crippen LogP contribution in [0, 0.1) is 22.5 Å². The number of aliphatic hydroxyl groups excluding tert-OH is 1. The standard InChI is InChI=1S/C14H22N2O3/c1-4-14(5-2,10-17)9-15-12-7-6-11(3)13(8-12)16(18)19/h6-8,15,17H,4-5,9-10H2,1-3H3. The Kier molecular flexibility index (Phi) is 5.30. The molecule has 0 aliphatic heterocycles. The van der Waals surface area contributed by atoms with Gasteiger partial charge < -0.3 is 10.4 Å². The maximum absolute atomic E-state index is 10.9. The van der Waals surface area contributed by atoms with Gasteiger partial charge in [0.2, 0.25) is 0 Å². The van der Waals surface area contributed by atoms with Gasteiger partial charge in [-0.15, -0.1) is 0 Å². The minimum Gasteiger partial charge on any atom is -0.396 e. The molecule has 0 atom stereocenters. The van der Waals surface area contributed by atoms with Gasteiger partial charge in [0.05, 0.1) is 11.5 Å². The number of nitrogens with one attached hydrogen (secondary N) is 1. The molecule has 0 unspecified atom stereocenters. The molecule has 0 aromatic heterocycles. The number of nitro benzene ring substituents is 1. The molecule has 0 saturated carbocycles. The molecule has 1 rings (SSSR count). The lowest BCUT2D eigenvalue weighted by Crippen LogP contribution is -2.32. The molecule has 0 radical (unpaired) electrons. The van der Waals surface area contributed by atoms with Crippen LogP contribution in [0.3, 0.4) is 0 Å². The molecular weight excluding hydrogens is 244 g/mol. The fraction of sp³-hybridized carbons (Fsp3) is 0.571. The molecule has 2 N–H and O–H groups in total. The number of hydrogen-bond donors (Lipinski definition) is 2. The summed E-state index contributed by atoms with van der Waals surface area (Å²) in [7, 11) is 0. The average molecular weight is 266 g/mol. The molecule has 5 nitrogen and oxygen atoms in total. The zero-order valence-corrected chi connectivity index (χ0v) is 11.8. The molecule has 0 aliphatic rings. The molecule has 106 valence electrons. The fourth-order valence-electron chi connectivity index (χ4n) is 1.99. The van der Waals surface area contributed by atoms with Crippen molar-refractivity contribution in [2.24, 2.45) is 5.41 Å². The molecular formula is C14H22N2O3. The highest BCUT2D eigenvalue weighted by atomic mass is 16.6. The van der Waals surface area contributed by atoms with Crippen molar-refractivity contribution in [3.8, 4) is 0 Å². The van der Waals surface area contributed by atoms with E-state index in [4.69, 9.17) is 0 Å². The highest BCUT2D eigenvalue weighted by Crippen LogP contribution is 2.28. The normalized spacial score (nSPS) is 11.4. The summed E-state index contributed by atoms with van der Waals surface area (Å²) >= 11 is 0. The van der Waals surface area contributed by atoms with Gasteiger partial charge in [0.15, 0.2) is 0 Å². The first-order chi connectivity index (χ1) is 8.98. The highest BCUT2D eigenvalue weighted by molar-refractivity contribution is 5.54. The van der Waals surface area contributed by atoms with Crippen molar-refractivity contribution >= 4 is 11.4 Å². The molecule has 1 aromatic rings. The highest BCUT2D eigenvalue weighted by Gasteiger charge is 2.25. The molecule has 1 aromatic carbocycles. The van der Waals surface area contributed by atoms with Gasteiger partial charge in [-0.05, 0) is 25.8 Å². The van der Waals surface area contributed by atoms with E-state index in [-0.39, 0.29) is 22.6 Å². The SMILES string of the molecule is CCC(CC)(CO)CNc1ccc(C)c([N+](=O)[O-])c1. The van der Waals surface area contributed by atoms with E-state index in [0.29, 0.717) is 12.1 Å². The summed E-state index contributed by atoms with van der Waals surface area (Å²) in [6.45, 7) is 6.52. The molecule has 0 aliphatic carbocycles. The van der Waals surface area contributed by atoms with Gasteiger partial charge in [-0.1, -0.05) is 19.9 Å². The van der Waals surface area contributed by atoms with E-state index in [1.807, 2.05) is 19.9 Å². The zero-order valence-electron chi connectivity index (χ0n) is 11.8. The van der Waals surface area contributed by atoms with E-state index in [9.17, 15) is 15.2 Å². The summed E-state index contributed by atoms with van der Waals surface area (Å²) in [6, 6.07) is 5.11. The second-order valence-corrected chi connectivity index (χ2v) is 4.98. The van der Waals surface area contributed by atoms with E-state index in [2.05, 4.69) is 5.32 Å². The molecule has 0 bridgehead atoms. The molecule has 0 fully saturated rings. The number of aryl methyl sites for hydroxylation is 1. The van der Waals surface area contributed by atoms with Crippen LogP contribution in [-0.2, 0) is 0 Å². The van der Waals surface area contributed by atoms with Gasteiger partial charge in [0, 0.05) is 29.3 Å². The number of benzene rings is 1. The van der Waals surface area contributed by atoms with Crippen LogP contribution in [-0.4, -0.2) is 23.2 Å². The third-order valence-electron chi connectivity index (χ3n) is 3.91. The number of hydrogen-bond acceptors (Lipinski definition) is 4. The van der Waals surface area contributed by atoms with Crippen molar-refractivity contribution < 1.29 is 10.0 Å². The van der Waals surface area contributed by atoms with E-state index in [0.717, 1.165) is 18.5 Å². The first kappa shape index (κ1) is 15.4. The predicted octanol–water partition coefficient (Wildman–Crippen LogP) is 3.11. The monoisotopic (exact) mass is 266 g/mol. The second kappa shape index (κ2) is 6.52. The molecule has 0 spiro atoms. The van der Waals surface area contributed by atoms with E-state index >= 15 is 0 Å². The third-order valence-corrected chi connectivity index (χ3v) is 3.91. The van der Waals surface area contributed by atoms with Gasteiger partial charge in [0.25, 0.3) is 5.69 Å². The summed E-state index contributed by atoms with van der Waals surface area (Å²) in [5, 5.41) is 23.6. The Hall–Kier alpha value is -1.62. The minimum absolute atomic E-state index is 0.112. The molecule has 0 amide bonds. The fourth-order valence-corrected chi connectivity index (χ4v) is 1.99. The predicted molar refractivity (Wildman–Crippen MR) is 76.4 cm³/mol. The Bertz CT molecular complexity index is 434. The van der Waals surface area contributed by atoms with Crippen LogP contribution in [0.15, 0.2) is 18.2 Å². The molecule has 5 heteroatoms. The molecule has 0 saturated heterocycles. The lowest BCUT2D eigenvalue weighted by Gasteiger charge is -2.30. The second-order valence-electron chi connectivity index (χ2n) is 4.98. The zero-order chi connectivity index (χ0) is 14.5. The Morgan fingerprint density at radius 2 is 2.00 bits per heavy atom. The molecule has 0 heterocycles.